The molecule has 1 saturated heterocycles. The molecule has 2 aliphatic rings. The van der Waals surface area contributed by atoms with E-state index in [1.54, 1.807) is 17.9 Å². The van der Waals surface area contributed by atoms with Crippen LogP contribution in [-0.2, 0) is 19.6 Å². The van der Waals surface area contributed by atoms with Crippen LogP contribution < -0.4 is 16.0 Å². The Kier molecular flexibility index (Phi) is 6.26. The maximum atomic E-state index is 12.8. The predicted molar refractivity (Wildman–Crippen MR) is 150 cm³/mol. The molecule has 11 nitrogen and oxygen atoms in total. The monoisotopic (exact) mass is 595 g/mol. The molecule has 3 N–H and O–H groups in total. The summed E-state index contributed by atoms with van der Waals surface area (Å²) in [5.74, 6) is 0.442. The molecule has 39 heavy (non-hydrogen) atoms. The third kappa shape index (κ3) is 4.41. The van der Waals surface area contributed by atoms with Crippen molar-refractivity contribution in [2.75, 3.05) is 32.0 Å². The highest BCUT2D eigenvalue weighted by molar-refractivity contribution is 9.10. The summed E-state index contributed by atoms with van der Waals surface area (Å²) in [5, 5.41) is 13.8. The van der Waals surface area contributed by atoms with Crippen molar-refractivity contribution in [1.82, 2.24) is 28.8 Å². The lowest BCUT2D eigenvalue weighted by molar-refractivity contribution is 0.0696. The second-order valence-electron chi connectivity index (χ2n) is 10.7. The van der Waals surface area contributed by atoms with Crippen LogP contribution in [0.5, 0.6) is 5.88 Å². The van der Waals surface area contributed by atoms with Gasteiger partial charge < -0.3 is 24.7 Å². The van der Waals surface area contributed by atoms with Gasteiger partial charge in [-0.15, -0.1) is 0 Å². The van der Waals surface area contributed by atoms with Crippen molar-refractivity contribution in [3.8, 4) is 17.0 Å². The van der Waals surface area contributed by atoms with Crippen LogP contribution in [-0.4, -0.2) is 66.1 Å². The molecular weight excluding hydrogens is 566 g/mol. The van der Waals surface area contributed by atoms with Crippen LogP contribution in [0.25, 0.3) is 22.2 Å². The number of ether oxygens (including phenoxy) is 1. The van der Waals surface area contributed by atoms with E-state index in [0.717, 1.165) is 47.9 Å². The number of hydrogen-bond donors (Lipinski definition) is 2. The zero-order valence-corrected chi connectivity index (χ0v) is 23.4. The number of anilines is 1. The lowest BCUT2D eigenvalue weighted by Gasteiger charge is -2.42. The molecule has 1 saturated carbocycles. The molecule has 204 valence electrons. The number of aryl methyl sites for hydroxylation is 2. The number of imidazole rings is 1. The highest BCUT2D eigenvalue weighted by Crippen LogP contribution is 2.47. The Hall–Kier alpha value is -3.64. The molecule has 0 spiro atoms. The Bertz CT molecular complexity index is 1660. The molecule has 3 aromatic heterocycles. The first kappa shape index (κ1) is 25.6. The Balaban J connectivity index is 1.22. The number of carbonyl (C=O) groups is 1. The number of rotatable bonds is 7. The van der Waals surface area contributed by atoms with E-state index in [0.29, 0.717) is 36.5 Å². The Labute approximate surface area is 232 Å². The SMILES string of the molecule is Cn1ncc(-c2cc(C(=O)O)cn(C)c2=O)c1OCCN1CC2CCC(n3c(N)nc4cc(Br)ccc43)(C2)C1. The topological polar surface area (TPSA) is 133 Å². The van der Waals surface area contributed by atoms with Crippen LogP contribution in [0.1, 0.15) is 29.6 Å². The van der Waals surface area contributed by atoms with E-state index < -0.39 is 5.97 Å². The number of nitrogens with zero attached hydrogens (tertiary/aromatic N) is 6. The Morgan fingerprint density at radius 3 is 2.90 bits per heavy atom. The Morgan fingerprint density at radius 1 is 1.28 bits per heavy atom. The maximum absolute atomic E-state index is 12.8. The third-order valence-corrected chi connectivity index (χ3v) is 8.58. The van der Waals surface area contributed by atoms with Gasteiger partial charge in [-0.05, 0) is 49.4 Å². The van der Waals surface area contributed by atoms with Crippen LogP contribution in [0, 0.1) is 5.92 Å². The molecule has 2 unspecified atom stereocenters. The highest BCUT2D eigenvalue weighted by atomic mass is 79.9. The fourth-order valence-corrected chi connectivity index (χ4v) is 6.80. The van der Waals surface area contributed by atoms with E-state index in [9.17, 15) is 14.7 Å². The number of halogens is 1. The van der Waals surface area contributed by atoms with E-state index >= 15 is 0 Å². The zero-order valence-electron chi connectivity index (χ0n) is 21.8. The van der Waals surface area contributed by atoms with Gasteiger partial charge in [0.25, 0.3) is 5.56 Å². The molecule has 1 aromatic carbocycles. The first-order valence-electron chi connectivity index (χ1n) is 12.9. The normalized spacial score (nSPS) is 21.1. The van der Waals surface area contributed by atoms with Crippen LogP contribution in [0.15, 0.2) is 45.9 Å². The van der Waals surface area contributed by atoms with E-state index in [1.807, 2.05) is 12.1 Å². The highest BCUT2D eigenvalue weighted by Gasteiger charge is 2.47. The summed E-state index contributed by atoms with van der Waals surface area (Å²) < 4.78 is 12.3. The molecule has 1 aliphatic carbocycles. The largest absolute Gasteiger partial charge is 0.478 e. The van der Waals surface area contributed by atoms with Gasteiger partial charge in [0, 0.05) is 44.4 Å². The van der Waals surface area contributed by atoms with Gasteiger partial charge in [-0.3, -0.25) is 9.69 Å². The molecule has 2 atom stereocenters. The van der Waals surface area contributed by atoms with Crippen LogP contribution in [0.3, 0.4) is 0 Å². The number of aromatic carboxylic acids is 1. The van der Waals surface area contributed by atoms with Crippen molar-refractivity contribution >= 4 is 38.9 Å². The summed E-state index contributed by atoms with van der Waals surface area (Å²) in [6.45, 7) is 2.91. The smallest absolute Gasteiger partial charge is 0.337 e. The number of carboxylic acid groups (broad SMARTS) is 1. The second kappa shape index (κ2) is 9.53. The summed E-state index contributed by atoms with van der Waals surface area (Å²) in [7, 11) is 3.27. The van der Waals surface area contributed by atoms with Crippen molar-refractivity contribution in [3.63, 3.8) is 0 Å². The summed E-state index contributed by atoms with van der Waals surface area (Å²) in [4.78, 5) is 31.5. The number of nitrogens with two attached hydrogens (primary N) is 1. The lowest BCUT2D eigenvalue weighted by Crippen LogP contribution is -2.49. The summed E-state index contributed by atoms with van der Waals surface area (Å²) in [6.07, 6.45) is 6.11. The van der Waals surface area contributed by atoms with Gasteiger partial charge in [-0.2, -0.15) is 5.10 Å². The molecule has 1 aliphatic heterocycles. The molecular formula is C27H30BrN7O4. The number of pyridine rings is 1. The van der Waals surface area contributed by atoms with E-state index in [2.05, 4.69) is 41.5 Å². The first-order chi connectivity index (χ1) is 18.6. The quantitative estimate of drug-likeness (QED) is 0.333. The molecule has 2 bridgehead atoms. The van der Waals surface area contributed by atoms with Gasteiger partial charge in [0.1, 0.15) is 6.61 Å². The summed E-state index contributed by atoms with van der Waals surface area (Å²) in [5.41, 5.74) is 8.74. The van der Waals surface area contributed by atoms with Crippen LogP contribution in [0.2, 0.25) is 0 Å². The number of nitrogen functional groups attached to an aromatic ring is 1. The minimum Gasteiger partial charge on any atom is -0.478 e. The zero-order chi connectivity index (χ0) is 27.5. The van der Waals surface area contributed by atoms with E-state index in [1.165, 1.54) is 23.9 Å². The second-order valence-corrected chi connectivity index (χ2v) is 11.6. The minimum absolute atomic E-state index is 0.0228. The number of likely N-dealkylation sites (tertiary alicyclic amines) is 1. The average molecular weight is 596 g/mol. The van der Waals surface area contributed by atoms with Crippen LogP contribution in [0.4, 0.5) is 5.95 Å². The number of piperidine rings is 1. The van der Waals surface area contributed by atoms with E-state index in [-0.39, 0.29) is 22.2 Å². The van der Waals surface area contributed by atoms with Gasteiger partial charge in [0.05, 0.1) is 39.5 Å². The van der Waals surface area contributed by atoms with Gasteiger partial charge in [-0.25, -0.2) is 14.5 Å². The summed E-state index contributed by atoms with van der Waals surface area (Å²) >= 11 is 3.53. The number of benzene rings is 1. The first-order valence-corrected chi connectivity index (χ1v) is 13.7. The minimum atomic E-state index is -1.11. The van der Waals surface area contributed by atoms with Gasteiger partial charge in [0.15, 0.2) is 0 Å². The van der Waals surface area contributed by atoms with Crippen molar-refractivity contribution in [2.24, 2.45) is 20.0 Å². The van der Waals surface area contributed by atoms with Crippen molar-refractivity contribution < 1.29 is 14.6 Å². The fourth-order valence-electron chi connectivity index (χ4n) is 6.45. The van der Waals surface area contributed by atoms with Crippen LogP contribution >= 0.6 is 15.9 Å². The fraction of sp³-hybridized carbons (Fsp3) is 0.407. The number of carboxylic acids is 1. The molecule has 12 heteroatoms. The van der Waals surface area contributed by atoms with Crippen molar-refractivity contribution in [2.45, 2.75) is 24.8 Å². The van der Waals surface area contributed by atoms with Gasteiger partial charge in [0.2, 0.25) is 11.8 Å². The molecule has 6 rings (SSSR count). The number of fused-ring (bicyclic) bond motifs is 3. The standard InChI is InChI=1S/C27H30BrN7O4/c1-32-14-17(25(37)38)9-19(23(32)36)20-12-30-33(2)24(20)39-8-7-34-13-16-5-6-27(11-16,15-34)35-22-4-3-18(28)10-21(22)31-26(35)29/h3-4,9-10,12,14,16H,5-8,11,13,15H2,1-2H3,(H2,29,31)(H,37,38). The van der Waals surface area contributed by atoms with Crippen molar-refractivity contribution in [3.05, 3.63) is 57.0 Å². The average Bonchev–Trinajstić information content (AvgIpc) is 3.52. The van der Waals surface area contributed by atoms with Gasteiger partial charge >= 0.3 is 5.97 Å². The molecule has 0 amide bonds. The molecule has 4 heterocycles. The van der Waals surface area contributed by atoms with Gasteiger partial charge in [-0.1, -0.05) is 15.9 Å². The number of hydrogen-bond acceptors (Lipinski definition) is 7. The number of aromatic nitrogens is 5. The summed E-state index contributed by atoms with van der Waals surface area (Å²) in [6, 6.07) is 7.49. The molecule has 0 radical (unpaired) electrons. The van der Waals surface area contributed by atoms with Crippen molar-refractivity contribution in [1.29, 1.82) is 0 Å². The maximum Gasteiger partial charge on any atom is 0.337 e. The Morgan fingerprint density at radius 2 is 2.10 bits per heavy atom. The molecule has 4 aromatic rings. The van der Waals surface area contributed by atoms with E-state index in [4.69, 9.17) is 10.5 Å². The lowest BCUT2D eigenvalue weighted by atomic mass is 9.90. The molecule has 2 fully saturated rings. The predicted octanol–water partition coefficient (Wildman–Crippen LogP) is 3.07. The third-order valence-electron chi connectivity index (χ3n) is 8.09.